The fourth-order valence-corrected chi connectivity index (χ4v) is 2.25. The van der Waals surface area contributed by atoms with Gasteiger partial charge in [-0.2, -0.15) is 4.98 Å². The number of aromatic amines is 1. The first-order chi connectivity index (χ1) is 10.8. The van der Waals surface area contributed by atoms with Crippen LogP contribution in [0.2, 0.25) is 0 Å². The Morgan fingerprint density at radius 1 is 1.23 bits per heavy atom. The van der Waals surface area contributed by atoms with E-state index in [1.165, 1.54) is 6.20 Å². The van der Waals surface area contributed by atoms with Gasteiger partial charge in [-0.15, -0.1) is 0 Å². The molecule has 1 aromatic carbocycles. The zero-order valence-electron chi connectivity index (χ0n) is 12.2. The highest BCUT2D eigenvalue weighted by atomic mass is 16.7. The number of benzene rings is 1. The summed E-state index contributed by atoms with van der Waals surface area (Å²) in [5.74, 6) is 0.689. The van der Waals surface area contributed by atoms with Gasteiger partial charge >= 0.3 is 5.56 Å². The summed E-state index contributed by atoms with van der Waals surface area (Å²) in [7, 11) is 0. The Bertz CT molecular complexity index is 689. The number of H-pyrrole nitrogens is 1. The zero-order chi connectivity index (χ0) is 15.2. The van der Waals surface area contributed by atoms with E-state index in [9.17, 15) is 4.79 Å². The summed E-state index contributed by atoms with van der Waals surface area (Å²) < 4.78 is 11.0. The van der Waals surface area contributed by atoms with E-state index in [-0.39, 0.29) is 17.6 Å². The summed E-state index contributed by atoms with van der Waals surface area (Å²) in [4.78, 5) is 18.9. The highest BCUT2D eigenvalue weighted by Gasteiger charge is 2.17. The molecule has 0 spiro atoms. The summed E-state index contributed by atoms with van der Waals surface area (Å²) in [5, 5.41) is 0. The quantitative estimate of drug-likeness (QED) is 0.942. The molecular weight excluding hydrogens is 280 g/mol. The highest BCUT2D eigenvalue weighted by Crippen LogP contribution is 2.15. The maximum Gasteiger partial charge on any atom is 0.315 e. The maximum absolute atomic E-state index is 12.0. The second-order valence-corrected chi connectivity index (χ2v) is 5.11. The molecule has 1 saturated heterocycles. The molecule has 1 aliphatic heterocycles. The average Bonchev–Trinajstić information content (AvgIpc) is 2.57. The average molecular weight is 298 g/mol. The molecule has 0 amide bonds. The minimum atomic E-state index is -0.388. The molecule has 2 heterocycles. The Morgan fingerprint density at radius 3 is 2.82 bits per heavy atom. The maximum atomic E-state index is 12.0. The molecule has 5 nitrogen and oxygen atoms in total. The summed E-state index contributed by atoms with van der Waals surface area (Å²) in [6.07, 6.45) is 7.74. The van der Waals surface area contributed by atoms with Crippen molar-refractivity contribution < 1.29 is 9.47 Å². The van der Waals surface area contributed by atoms with E-state index in [0.717, 1.165) is 24.8 Å². The van der Waals surface area contributed by atoms with Crippen molar-refractivity contribution in [1.82, 2.24) is 9.97 Å². The SMILES string of the molecule is O=c1nc(/C=C/c2ccccc2)[nH]cc1OC1CCCCO1. The van der Waals surface area contributed by atoms with Gasteiger partial charge in [0.15, 0.2) is 6.29 Å². The Morgan fingerprint density at radius 2 is 2.09 bits per heavy atom. The molecule has 1 N–H and O–H groups in total. The summed E-state index contributed by atoms with van der Waals surface area (Å²) in [6, 6.07) is 9.82. The lowest BCUT2D eigenvalue weighted by atomic mass is 10.2. The summed E-state index contributed by atoms with van der Waals surface area (Å²) in [6.45, 7) is 0.675. The highest BCUT2D eigenvalue weighted by molar-refractivity contribution is 5.66. The fraction of sp³-hybridized carbons (Fsp3) is 0.294. The van der Waals surface area contributed by atoms with Crippen LogP contribution in [0.5, 0.6) is 5.75 Å². The number of nitrogens with one attached hydrogen (secondary N) is 1. The van der Waals surface area contributed by atoms with Crippen LogP contribution in [0.3, 0.4) is 0 Å². The topological polar surface area (TPSA) is 64.2 Å². The van der Waals surface area contributed by atoms with Gasteiger partial charge in [0.2, 0.25) is 5.75 Å². The van der Waals surface area contributed by atoms with Gasteiger partial charge in [0.05, 0.1) is 12.8 Å². The smallest absolute Gasteiger partial charge is 0.315 e. The Labute approximate surface area is 128 Å². The van der Waals surface area contributed by atoms with E-state index in [0.29, 0.717) is 12.4 Å². The third-order valence-corrected chi connectivity index (χ3v) is 3.41. The minimum Gasteiger partial charge on any atom is -0.458 e. The first-order valence-electron chi connectivity index (χ1n) is 7.42. The van der Waals surface area contributed by atoms with E-state index in [2.05, 4.69) is 9.97 Å². The van der Waals surface area contributed by atoms with Gasteiger partial charge in [-0.3, -0.25) is 4.79 Å². The second kappa shape index (κ2) is 7.04. The Hall–Kier alpha value is -2.40. The van der Waals surface area contributed by atoms with Gasteiger partial charge < -0.3 is 14.5 Å². The van der Waals surface area contributed by atoms with E-state index >= 15 is 0 Å². The first kappa shape index (κ1) is 14.5. The molecule has 0 aliphatic carbocycles. The van der Waals surface area contributed by atoms with Gasteiger partial charge in [0.1, 0.15) is 5.82 Å². The molecule has 3 rings (SSSR count). The van der Waals surface area contributed by atoms with Crippen LogP contribution in [0.25, 0.3) is 12.2 Å². The molecule has 2 aromatic rings. The summed E-state index contributed by atoms with van der Waals surface area (Å²) in [5.41, 5.74) is 0.654. The van der Waals surface area contributed by atoms with Crippen LogP contribution in [0, 0.1) is 0 Å². The molecule has 0 bridgehead atoms. The van der Waals surface area contributed by atoms with Gasteiger partial charge in [0.25, 0.3) is 0 Å². The van der Waals surface area contributed by atoms with Crippen LogP contribution in [-0.4, -0.2) is 22.9 Å². The fourth-order valence-electron chi connectivity index (χ4n) is 2.25. The van der Waals surface area contributed by atoms with Gasteiger partial charge in [-0.05, 0) is 24.5 Å². The summed E-state index contributed by atoms with van der Waals surface area (Å²) >= 11 is 0. The molecule has 1 aromatic heterocycles. The van der Waals surface area contributed by atoms with Crippen LogP contribution in [0.4, 0.5) is 0 Å². The van der Waals surface area contributed by atoms with Crippen molar-refractivity contribution >= 4 is 12.2 Å². The van der Waals surface area contributed by atoms with Crippen LogP contribution >= 0.6 is 0 Å². The predicted octanol–water partition coefficient (Wildman–Crippen LogP) is 2.85. The van der Waals surface area contributed by atoms with Gasteiger partial charge in [0, 0.05) is 6.42 Å². The normalized spacial score (nSPS) is 18.5. The van der Waals surface area contributed by atoms with Crippen molar-refractivity contribution in [2.24, 2.45) is 0 Å². The number of aromatic nitrogens is 2. The number of nitrogens with zero attached hydrogens (tertiary/aromatic N) is 1. The largest absolute Gasteiger partial charge is 0.458 e. The Balaban J connectivity index is 1.69. The van der Waals surface area contributed by atoms with Crippen molar-refractivity contribution in [3.05, 3.63) is 58.3 Å². The van der Waals surface area contributed by atoms with Crippen molar-refractivity contribution in [2.45, 2.75) is 25.6 Å². The molecule has 114 valence electrons. The van der Waals surface area contributed by atoms with Gasteiger partial charge in [-0.1, -0.05) is 36.4 Å². The van der Waals surface area contributed by atoms with Crippen LogP contribution < -0.4 is 10.3 Å². The van der Waals surface area contributed by atoms with E-state index in [4.69, 9.17) is 9.47 Å². The molecule has 1 fully saturated rings. The molecule has 5 heteroatoms. The third-order valence-electron chi connectivity index (χ3n) is 3.41. The number of hydrogen-bond acceptors (Lipinski definition) is 4. The van der Waals surface area contributed by atoms with E-state index in [1.54, 1.807) is 6.08 Å². The Kier molecular flexibility index (Phi) is 4.65. The van der Waals surface area contributed by atoms with Crippen LogP contribution in [-0.2, 0) is 4.74 Å². The number of ether oxygens (including phenoxy) is 2. The predicted molar refractivity (Wildman–Crippen MR) is 84.4 cm³/mol. The monoisotopic (exact) mass is 298 g/mol. The lowest BCUT2D eigenvalue weighted by Crippen LogP contribution is -2.27. The molecule has 1 atom stereocenters. The zero-order valence-corrected chi connectivity index (χ0v) is 12.2. The van der Waals surface area contributed by atoms with E-state index < -0.39 is 0 Å². The second-order valence-electron chi connectivity index (χ2n) is 5.11. The lowest BCUT2D eigenvalue weighted by molar-refractivity contribution is -0.106. The molecule has 0 saturated carbocycles. The lowest BCUT2D eigenvalue weighted by Gasteiger charge is -2.22. The first-order valence-corrected chi connectivity index (χ1v) is 7.42. The van der Waals surface area contributed by atoms with Crippen molar-refractivity contribution in [1.29, 1.82) is 0 Å². The number of rotatable bonds is 4. The minimum absolute atomic E-state index is 0.198. The third kappa shape index (κ3) is 3.83. The standard InChI is InChI=1S/C17H18N2O3/c20-17-14(22-16-8-4-5-11-21-16)12-18-15(19-17)10-9-13-6-2-1-3-7-13/h1-3,6-7,9-10,12,16H,4-5,8,11H2,(H,18,19,20)/b10-9+. The van der Waals surface area contributed by atoms with Gasteiger partial charge in [-0.25, -0.2) is 0 Å². The molecule has 1 aliphatic rings. The van der Waals surface area contributed by atoms with E-state index in [1.807, 2.05) is 36.4 Å². The number of hydrogen-bond donors (Lipinski definition) is 1. The molecule has 22 heavy (non-hydrogen) atoms. The van der Waals surface area contributed by atoms with Crippen molar-refractivity contribution in [2.75, 3.05) is 6.61 Å². The molecule has 0 radical (unpaired) electrons. The van der Waals surface area contributed by atoms with Crippen molar-refractivity contribution in [3.63, 3.8) is 0 Å². The molecule has 1 unspecified atom stereocenters. The molecular formula is C17H18N2O3. The van der Waals surface area contributed by atoms with Crippen LogP contribution in [0.1, 0.15) is 30.7 Å². The van der Waals surface area contributed by atoms with Crippen molar-refractivity contribution in [3.8, 4) is 5.75 Å². The van der Waals surface area contributed by atoms with Crippen LogP contribution in [0.15, 0.2) is 41.3 Å².